The second kappa shape index (κ2) is 4.46. The molecule has 0 N–H and O–H groups in total. The van der Waals surface area contributed by atoms with Gasteiger partial charge in [0.2, 0.25) is 0 Å². The Bertz CT molecular complexity index is 508. The molecule has 2 heteroatoms. The van der Waals surface area contributed by atoms with Gasteiger partial charge in [0.05, 0.1) is 13.2 Å². The van der Waals surface area contributed by atoms with E-state index in [0.29, 0.717) is 0 Å². The SMILES string of the molecule is C1=C(c2ccccc2C2CC2)CCC2(C1)OCCO2. The molecule has 1 aliphatic heterocycles. The highest BCUT2D eigenvalue weighted by atomic mass is 16.7. The average molecular weight is 256 g/mol. The molecule has 1 spiro atoms. The Hall–Kier alpha value is -1.12. The summed E-state index contributed by atoms with van der Waals surface area (Å²) in [6.07, 6.45) is 8.04. The third-order valence-electron chi connectivity index (χ3n) is 4.57. The van der Waals surface area contributed by atoms with Gasteiger partial charge in [-0.25, -0.2) is 0 Å². The van der Waals surface area contributed by atoms with E-state index >= 15 is 0 Å². The van der Waals surface area contributed by atoms with Gasteiger partial charge in [-0.2, -0.15) is 0 Å². The van der Waals surface area contributed by atoms with Gasteiger partial charge in [-0.05, 0) is 41.9 Å². The summed E-state index contributed by atoms with van der Waals surface area (Å²) in [5.74, 6) is 0.518. The van der Waals surface area contributed by atoms with E-state index < -0.39 is 0 Å². The van der Waals surface area contributed by atoms with Crippen LogP contribution in [0.15, 0.2) is 30.3 Å². The van der Waals surface area contributed by atoms with Crippen LogP contribution >= 0.6 is 0 Å². The first-order chi connectivity index (χ1) is 9.36. The normalized spacial score (nSPS) is 25.6. The van der Waals surface area contributed by atoms with Crippen molar-refractivity contribution in [3.8, 4) is 0 Å². The van der Waals surface area contributed by atoms with E-state index in [2.05, 4.69) is 30.3 Å². The van der Waals surface area contributed by atoms with Crippen molar-refractivity contribution in [3.05, 3.63) is 41.5 Å². The maximum atomic E-state index is 5.79. The average Bonchev–Trinajstić information content (AvgIpc) is 3.22. The molecule has 1 heterocycles. The molecule has 0 amide bonds. The largest absolute Gasteiger partial charge is 0.347 e. The first-order valence-electron chi connectivity index (χ1n) is 7.43. The van der Waals surface area contributed by atoms with Crippen molar-refractivity contribution < 1.29 is 9.47 Å². The van der Waals surface area contributed by atoms with Crippen molar-refractivity contribution >= 4 is 5.57 Å². The highest BCUT2D eigenvalue weighted by Crippen LogP contribution is 2.45. The highest BCUT2D eigenvalue weighted by molar-refractivity contribution is 5.70. The minimum atomic E-state index is -0.294. The lowest BCUT2D eigenvalue weighted by atomic mass is 9.87. The van der Waals surface area contributed by atoms with E-state index in [1.807, 2.05) is 0 Å². The number of hydrogen-bond donors (Lipinski definition) is 0. The molecule has 0 radical (unpaired) electrons. The second-order valence-corrected chi connectivity index (χ2v) is 5.90. The second-order valence-electron chi connectivity index (χ2n) is 5.90. The van der Waals surface area contributed by atoms with Crippen molar-refractivity contribution in [2.75, 3.05) is 13.2 Å². The third-order valence-corrected chi connectivity index (χ3v) is 4.57. The minimum absolute atomic E-state index is 0.294. The summed E-state index contributed by atoms with van der Waals surface area (Å²) < 4.78 is 11.6. The van der Waals surface area contributed by atoms with Gasteiger partial charge < -0.3 is 9.47 Å². The van der Waals surface area contributed by atoms with Gasteiger partial charge in [-0.3, -0.25) is 0 Å². The summed E-state index contributed by atoms with van der Waals surface area (Å²) >= 11 is 0. The minimum Gasteiger partial charge on any atom is -0.347 e. The highest BCUT2D eigenvalue weighted by Gasteiger charge is 2.38. The molecule has 0 aromatic heterocycles. The van der Waals surface area contributed by atoms with Crippen LogP contribution < -0.4 is 0 Å². The summed E-state index contributed by atoms with van der Waals surface area (Å²) in [7, 11) is 0. The van der Waals surface area contributed by atoms with Gasteiger partial charge in [-0.1, -0.05) is 30.3 Å². The van der Waals surface area contributed by atoms with Gasteiger partial charge in [0, 0.05) is 12.8 Å². The fraction of sp³-hybridized carbons (Fsp3) is 0.529. The van der Waals surface area contributed by atoms with Crippen molar-refractivity contribution in [1.82, 2.24) is 0 Å². The first-order valence-corrected chi connectivity index (χ1v) is 7.43. The Morgan fingerprint density at radius 1 is 1.05 bits per heavy atom. The van der Waals surface area contributed by atoms with Crippen LogP contribution in [0.25, 0.3) is 5.57 Å². The number of rotatable bonds is 2. The van der Waals surface area contributed by atoms with Crippen LogP contribution in [0.3, 0.4) is 0 Å². The molecule has 3 aliphatic rings. The van der Waals surface area contributed by atoms with Gasteiger partial charge in [0.15, 0.2) is 5.79 Å². The molecule has 1 aromatic carbocycles. The molecular weight excluding hydrogens is 236 g/mol. The molecule has 0 unspecified atom stereocenters. The lowest BCUT2D eigenvalue weighted by Crippen LogP contribution is -2.31. The lowest BCUT2D eigenvalue weighted by Gasteiger charge is -2.31. The molecule has 1 aromatic rings. The van der Waals surface area contributed by atoms with Gasteiger partial charge in [0.1, 0.15) is 0 Å². The van der Waals surface area contributed by atoms with Crippen molar-refractivity contribution in [2.45, 2.75) is 43.8 Å². The van der Waals surface area contributed by atoms with Gasteiger partial charge in [-0.15, -0.1) is 0 Å². The molecule has 2 aliphatic carbocycles. The molecule has 2 nitrogen and oxygen atoms in total. The van der Waals surface area contributed by atoms with Crippen LogP contribution in [0, 0.1) is 0 Å². The van der Waals surface area contributed by atoms with Crippen LogP contribution in [-0.2, 0) is 9.47 Å². The topological polar surface area (TPSA) is 18.5 Å². The maximum absolute atomic E-state index is 5.79. The van der Waals surface area contributed by atoms with Gasteiger partial charge in [0.25, 0.3) is 0 Å². The molecule has 19 heavy (non-hydrogen) atoms. The molecule has 1 saturated carbocycles. The van der Waals surface area contributed by atoms with E-state index in [9.17, 15) is 0 Å². The zero-order valence-electron chi connectivity index (χ0n) is 11.2. The van der Waals surface area contributed by atoms with E-state index in [4.69, 9.17) is 9.47 Å². The summed E-state index contributed by atoms with van der Waals surface area (Å²) in [6.45, 7) is 1.50. The summed E-state index contributed by atoms with van der Waals surface area (Å²) in [5, 5.41) is 0. The first kappa shape index (κ1) is 11.7. The predicted molar refractivity (Wildman–Crippen MR) is 74.9 cm³/mol. The number of ether oxygens (including phenoxy) is 2. The van der Waals surface area contributed by atoms with E-state index in [-0.39, 0.29) is 5.79 Å². The fourth-order valence-corrected chi connectivity index (χ4v) is 3.35. The summed E-state index contributed by atoms with van der Waals surface area (Å²) in [5.41, 5.74) is 4.52. The number of benzene rings is 1. The van der Waals surface area contributed by atoms with Crippen LogP contribution in [0.5, 0.6) is 0 Å². The Labute approximate surface area is 114 Å². The number of hydrogen-bond acceptors (Lipinski definition) is 2. The Morgan fingerprint density at radius 3 is 2.53 bits per heavy atom. The number of allylic oxidation sites excluding steroid dienone is 1. The Morgan fingerprint density at radius 2 is 1.84 bits per heavy atom. The molecular formula is C17H20O2. The smallest absolute Gasteiger partial charge is 0.172 e. The monoisotopic (exact) mass is 256 g/mol. The van der Waals surface area contributed by atoms with Gasteiger partial charge >= 0.3 is 0 Å². The van der Waals surface area contributed by atoms with Crippen molar-refractivity contribution in [2.24, 2.45) is 0 Å². The van der Waals surface area contributed by atoms with Crippen LogP contribution in [-0.4, -0.2) is 19.0 Å². The zero-order chi connectivity index (χ0) is 12.7. The predicted octanol–water partition coefficient (Wildman–Crippen LogP) is 3.87. The molecule has 100 valence electrons. The quantitative estimate of drug-likeness (QED) is 0.799. The Kier molecular flexibility index (Phi) is 2.75. The molecule has 0 bridgehead atoms. The molecule has 0 atom stereocenters. The van der Waals surface area contributed by atoms with E-state index in [1.165, 1.54) is 24.0 Å². The molecule has 2 fully saturated rings. The van der Waals surface area contributed by atoms with Crippen LogP contribution in [0.1, 0.15) is 49.1 Å². The van der Waals surface area contributed by atoms with Crippen LogP contribution in [0.4, 0.5) is 0 Å². The van der Waals surface area contributed by atoms with Crippen molar-refractivity contribution in [1.29, 1.82) is 0 Å². The summed E-state index contributed by atoms with van der Waals surface area (Å²) in [4.78, 5) is 0. The zero-order valence-corrected chi connectivity index (χ0v) is 11.2. The van der Waals surface area contributed by atoms with E-state index in [1.54, 1.807) is 5.56 Å². The Balaban J connectivity index is 1.61. The fourth-order valence-electron chi connectivity index (χ4n) is 3.35. The molecule has 4 rings (SSSR count). The maximum Gasteiger partial charge on any atom is 0.172 e. The van der Waals surface area contributed by atoms with Crippen molar-refractivity contribution in [3.63, 3.8) is 0 Å². The molecule has 1 saturated heterocycles. The van der Waals surface area contributed by atoms with Crippen LogP contribution in [0.2, 0.25) is 0 Å². The summed E-state index contributed by atoms with van der Waals surface area (Å²) in [6, 6.07) is 8.93. The third kappa shape index (κ3) is 2.13. The van der Waals surface area contributed by atoms with E-state index in [0.717, 1.165) is 38.4 Å². The standard InChI is InChI=1S/C17H20O2/c1-2-4-16(15(3-1)13-5-6-13)14-7-9-17(10-8-14)18-11-12-19-17/h1-4,7,13H,5-6,8-12H2. The lowest BCUT2D eigenvalue weighted by molar-refractivity contribution is -0.159.